The van der Waals surface area contributed by atoms with E-state index < -0.39 is 6.04 Å². The zero-order valence-corrected chi connectivity index (χ0v) is 13.9. The first kappa shape index (κ1) is 17.3. The highest BCUT2D eigenvalue weighted by Crippen LogP contribution is 2.25. The van der Waals surface area contributed by atoms with E-state index in [4.69, 9.17) is 4.74 Å². The smallest absolute Gasteiger partial charge is 0.246 e. The number of hydrogen-bond donors (Lipinski definition) is 2. The van der Waals surface area contributed by atoms with Crippen LogP contribution in [-0.2, 0) is 14.3 Å². The van der Waals surface area contributed by atoms with E-state index in [2.05, 4.69) is 17.6 Å². The highest BCUT2D eigenvalue weighted by atomic mass is 16.5. The third kappa shape index (κ3) is 5.59. The molecule has 0 aromatic carbocycles. The van der Waals surface area contributed by atoms with Gasteiger partial charge in [0.15, 0.2) is 0 Å². The standard InChI is InChI=1S/C17H30N2O3/c1-12-6-5-9-15(10-12)22-11-16(20)18-13(2)17(21)19-14-7-3-4-8-14/h12-15H,3-11H2,1-2H3,(H,18,20)(H,19,21)/t12-,13-,15-/m1/s1. The molecule has 2 rings (SSSR count). The van der Waals surface area contributed by atoms with E-state index in [1.165, 1.54) is 25.7 Å². The molecule has 2 fully saturated rings. The molecule has 0 aliphatic heterocycles. The van der Waals surface area contributed by atoms with E-state index in [-0.39, 0.29) is 30.6 Å². The van der Waals surface area contributed by atoms with Gasteiger partial charge in [0.2, 0.25) is 11.8 Å². The van der Waals surface area contributed by atoms with Crippen LogP contribution in [0.15, 0.2) is 0 Å². The molecule has 0 spiro atoms. The number of amides is 2. The van der Waals surface area contributed by atoms with Crippen LogP contribution in [0.2, 0.25) is 0 Å². The zero-order chi connectivity index (χ0) is 15.9. The minimum atomic E-state index is -0.498. The molecule has 0 saturated heterocycles. The van der Waals surface area contributed by atoms with Crippen molar-refractivity contribution in [1.82, 2.24) is 10.6 Å². The van der Waals surface area contributed by atoms with Crippen LogP contribution in [0.5, 0.6) is 0 Å². The Bertz CT molecular complexity index is 380. The molecular formula is C17H30N2O3. The van der Waals surface area contributed by atoms with Crippen LogP contribution >= 0.6 is 0 Å². The lowest BCUT2D eigenvalue weighted by atomic mass is 9.89. The first-order valence-electron chi connectivity index (χ1n) is 8.76. The molecule has 5 heteroatoms. The van der Waals surface area contributed by atoms with Gasteiger partial charge in [-0.2, -0.15) is 0 Å². The van der Waals surface area contributed by atoms with Gasteiger partial charge in [-0.3, -0.25) is 9.59 Å². The maximum absolute atomic E-state index is 12.0. The highest BCUT2D eigenvalue weighted by Gasteiger charge is 2.23. The van der Waals surface area contributed by atoms with Crippen molar-refractivity contribution in [3.8, 4) is 0 Å². The first-order chi connectivity index (χ1) is 10.5. The summed E-state index contributed by atoms with van der Waals surface area (Å²) in [5, 5.41) is 5.73. The monoisotopic (exact) mass is 310 g/mol. The molecule has 0 aromatic rings. The number of carbonyl (C=O) groups excluding carboxylic acids is 2. The van der Waals surface area contributed by atoms with Gasteiger partial charge >= 0.3 is 0 Å². The lowest BCUT2D eigenvalue weighted by Gasteiger charge is -2.26. The van der Waals surface area contributed by atoms with Crippen LogP contribution in [-0.4, -0.2) is 36.6 Å². The number of nitrogens with one attached hydrogen (secondary N) is 2. The Morgan fingerprint density at radius 2 is 1.86 bits per heavy atom. The van der Waals surface area contributed by atoms with E-state index in [9.17, 15) is 9.59 Å². The Balaban J connectivity index is 1.63. The average Bonchev–Trinajstić information content (AvgIpc) is 2.98. The molecule has 2 amide bonds. The zero-order valence-electron chi connectivity index (χ0n) is 13.9. The molecule has 0 radical (unpaired) electrons. The SMILES string of the molecule is C[C@@H]1CCC[C@@H](OCC(=O)N[C@H](C)C(=O)NC2CCCC2)C1. The molecule has 5 nitrogen and oxygen atoms in total. The predicted octanol–water partition coefficient (Wildman–Crippen LogP) is 2.15. The van der Waals surface area contributed by atoms with E-state index in [1.807, 2.05) is 0 Å². The van der Waals surface area contributed by atoms with Crippen molar-refractivity contribution in [2.75, 3.05) is 6.61 Å². The Hall–Kier alpha value is -1.10. The second-order valence-electron chi connectivity index (χ2n) is 6.98. The van der Waals surface area contributed by atoms with Crippen molar-refractivity contribution in [3.05, 3.63) is 0 Å². The first-order valence-corrected chi connectivity index (χ1v) is 8.76. The lowest BCUT2D eigenvalue weighted by Crippen LogP contribution is -2.48. The summed E-state index contributed by atoms with van der Waals surface area (Å²) in [6.45, 7) is 4.01. The minimum absolute atomic E-state index is 0.0540. The number of carbonyl (C=O) groups is 2. The van der Waals surface area contributed by atoms with Crippen LogP contribution in [0.4, 0.5) is 0 Å². The Kier molecular flexibility index (Phi) is 6.68. The van der Waals surface area contributed by atoms with Gasteiger partial charge in [0.05, 0.1) is 6.10 Å². The number of ether oxygens (including phenoxy) is 1. The summed E-state index contributed by atoms with van der Waals surface area (Å²) in [4.78, 5) is 23.9. The largest absolute Gasteiger partial charge is 0.368 e. The van der Waals surface area contributed by atoms with Crippen molar-refractivity contribution >= 4 is 11.8 Å². The Morgan fingerprint density at radius 1 is 1.14 bits per heavy atom. The molecule has 3 atom stereocenters. The number of rotatable bonds is 6. The average molecular weight is 310 g/mol. The quantitative estimate of drug-likeness (QED) is 0.790. The second kappa shape index (κ2) is 8.51. The molecule has 2 saturated carbocycles. The molecule has 2 aliphatic rings. The third-order valence-electron chi connectivity index (χ3n) is 4.81. The molecule has 2 aliphatic carbocycles. The normalized spacial score (nSPS) is 27.4. The van der Waals surface area contributed by atoms with Gasteiger partial charge in [-0.1, -0.05) is 32.6 Å². The summed E-state index contributed by atoms with van der Waals surface area (Å²) in [7, 11) is 0. The summed E-state index contributed by atoms with van der Waals surface area (Å²) >= 11 is 0. The maximum Gasteiger partial charge on any atom is 0.246 e. The molecule has 22 heavy (non-hydrogen) atoms. The Morgan fingerprint density at radius 3 is 2.55 bits per heavy atom. The van der Waals surface area contributed by atoms with E-state index in [1.54, 1.807) is 6.92 Å². The summed E-state index contributed by atoms with van der Waals surface area (Å²) in [5.74, 6) is 0.386. The minimum Gasteiger partial charge on any atom is -0.368 e. The molecule has 2 N–H and O–H groups in total. The summed E-state index contributed by atoms with van der Waals surface area (Å²) in [6.07, 6.45) is 9.15. The second-order valence-corrected chi connectivity index (χ2v) is 6.98. The fourth-order valence-corrected chi connectivity index (χ4v) is 3.47. The molecule has 0 heterocycles. The van der Waals surface area contributed by atoms with Gasteiger partial charge in [0, 0.05) is 6.04 Å². The summed E-state index contributed by atoms with van der Waals surface area (Å²) in [6, 6.07) is -0.214. The van der Waals surface area contributed by atoms with Gasteiger partial charge < -0.3 is 15.4 Å². The van der Waals surface area contributed by atoms with Crippen molar-refractivity contribution in [3.63, 3.8) is 0 Å². The van der Waals surface area contributed by atoms with Crippen LogP contribution in [0.25, 0.3) is 0 Å². The van der Waals surface area contributed by atoms with Gasteiger partial charge in [0.25, 0.3) is 0 Å². The van der Waals surface area contributed by atoms with Crippen LogP contribution in [0, 0.1) is 5.92 Å². The van der Waals surface area contributed by atoms with Crippen LogP contribution in [0.3, 0.4) is 0 Å². The van der Waals surface area contributed by atoms with E-state index >= 15 is 0 Å². The highest BCUT2D eigenvalue weighted by molar-refractivity contribution is 5.87. The van der Waals surface area contributed by atoms with Crippen molar-refractivity contribution < 1.29 is 14.3 Å². The van der Waals surface area contributed by atoms with Crippen molar-refractivity contribution in [2.45, 2.75) is 83.4 Å². The predicted molar refractivity (Wildman–Crippen MR) is 85.4 cm³/mol. The number of hydrogen-bond acceptors (Lipinski definition) is 3. The topological polar surface area (TPSA) is 67.4 Å². The lowest BCUT2D eigenvalue weighted by molar-refractivity contribution is -0.133. The molecule has 126 valence electrons. The Labute approximate surface area is 133 Å². The summed E-state index contributed by atoms with van der Waals surface area (Å²) < 4.78 is 5.69. The molecule has 0 aromatic heterocycles. The third-order valence-corrected chi connectivity index (χ3v) is 4.81. The van der Waals surface area contributed by atoms with Crippen LogP contribution in [0.1, 0.15) is 65.2 Å². The molecule has 0 bridgehead atoms. The van der Waals surface area contributed by atoms with Crippen molar-refractivity contribution in [1.29, 1.82) is 0 Å². The summed E-state index contributed by atoms with van der Waals surface area (Å²) in [5.41, 5.74) is 0. The van der Waals surface area contributed by atoms with E-state index in [0.717, 1.165) is 25.7 Å². The van der Waals surface area contributed by atoms with Gasteiger partial charge in [0.1, 0.15) is 12.6 Å². The maximum atomic E-state index is 12.0. The van der Waals surface area contributed by atoms with Gasteiger partial charge in [-0.15, -0.1) is 0 Å². The van der Waals surface area contributed by atoms with Crippen LogP contribution < -0.4 is 10.6 Å². The van der Waals surface area contributed by atoms with Crippen molar-refractivity contribution in [2.24, 2.45) is 5.92 Å². The fourth-order valence-electron chi connectivity index (χ4n) is 3.47. The fraction of sp³-hybridized carbons (Fsp3) is 0.882. The molecular weight excluding hydrogens is 280 g/mol. The van der Waals surface area contributed by atoms with Gasteiger partial charge in [-0.05, 0) is 38.5 Å². The van der Waals surface area contributed by atoms with Gasteiger partial charge in [-0.25, -0.2) is 0 Å². The molecule has 0 unspecified atom stereocenters. The van der Waals surface area contributed by atoms with E-state index in [0.29, 0.717) is 5.92 Å².